The van der Waals surface area contributed by atoms with E-state index in [0.29, 0.717) is 41.3 Å². The minimum Gasteiger partial charge on any atom is -0.384 e. The molecule has 0 fully saturated rings. The number of benzene rings is 1. The van der Waals surface area contributed by atoms with Crippen LogP contribution in [-0.2, 0) is 11.2 Å². The zero-order valence-electron chi connectivity index (χ0n) is 12.7. The molecule has 1 amide bonds. The van der Waals surface area contributed by atoms with Crippen molar-refractivity contribution in [1.82, 2.24) is 30.9 Å². The SMILES string of the molecule is COCCc1noc(C(C)NC(=O)c2ccc3n[nH]nc3c2)n1. The van der Waals surface area contributed by atoms with Gasteiger partial charge in [-0.25, -0.2) is 0 Å². The van der Waals surface area contributed by atoms with E-state index in [1.54, 1.807) is 32.2 Å². The van der Waals surface area contributed by atoms with E-state index in [-0.39, 0.29) is 5.91 Å². The summed E-state index contributed by atoms with van der Waals surface area (Å²) >= 11 is 0. The molecule has 0 saturated carbocycles. The number of carbonyl (C=O) groups excluding carboxylic acids is 1. The Labute approximate surface area is 131 Å². The van der Waals surface area contributed by atoms with Gasteiger partial charge in [0, 0.05) is 19.1 Å². The fourth-order valence-electron chi connectivity index (χ4n) is 2.06. The van der Waals surface area contributed by atoms with Crippen molar-refractivity contribution in [1.29, 1.82) is 0 Å². The number of carbonyl (C=O) groups is 1. The van der Waals surface area contributed by atoms with Crippen LogP contribution in [0.3, 0.4) is 0 Å². The summed E-state index contributed by atoms with van der Waals surface area (Å²) in [5, 5.41) is 17.1. The molecule has 2 N–H and O–H groups in total. The lowest BCUT2D eigenvalue weighted by atomic mass is 10.1. The van der Waals surface area contributed by atoms with Crippen LogP contribution in [0.2, 0.25) is 0 Å². The van der Waals surface area contributed by atoms with Crippen LogP contribution in [0.15, 0.2) is 22.7 Å². The van der Waals surface area contributed by atoms with E-state index in [1.807, 2.05) is 0 Å². The predicted octanol–water partition coefficient (Wildman–Crippen LogP) is 1.02. The number of hydrogen-bond acceptors (Lipinski definition) is 7. The van der Waals surface area contributed by atoms with Gasteiger partial charge in [0.15, 0.2) is 5.82 Å². The molecular formula is C14H16N6O3. The van der Waals surface area contributed by atoms with Gasteiger partial charge in [-0.1, -0.05) is 5.16 Å². The monoisotopic (exact) mass is 316 g/mol. The molecule has 23 heavy (non-hydrogen) atoms. The summed E-state index contributed by atoms with van der Waals surface area (Å²) in [5.41, 5.74) is 1.82. The second-order valence-corrected chi connectivity index (χ2v) is 5.01. The summed E-state index contributed by atoms with van der Waals surface area (Å²) in [4.78, 5) is 16.5. The van der Waals surface area contributed by atoms with Gasteiger partial charge in [-0.3, -0.25) is 4.79 Å². The van der Waals surface area contributed by atoms with Crippen LogP contribution in [-0.4, -0.2) is 45.2 Å². The minimum atomic E-state index is -0.403. The van der Waals surface area contributed by atoms with Gasteiger partial charge in [-0.15, -0.1) is 0 Å². The lowest BCUT2D eigenvalue weighted by Gasteiger charge is -2.09. The Hall–Kier alpha value is -2.81. The molecule has 0 aliphatic heterocycles. The van der Waals surface area contributed by atoms with Crippen LogP contribution in [0.5, 0.6) is 0 Å². The summed E-state index contributed by atoms with van der Waals surface area (Å²) in [7, 11) is 1.61. The second kappa shape index (κ2) is 6.53. The van der Waals surface area contributed by atoms with Gasteiger partial charge in [0.1, 0.15) is 17.1 Å². The minimum absolute atomic E-state index is 0.251. The summed E-state index contributed by atoms with van der Waals surface area (Å²) in [6, 6.07) is 4.68. The normalized spacial score (nSPS) is 12.4. The molecular weight excluding hydrogens is 300 g/mol. The quantitative estimate of drug-likeness (QED) is 0.696. The van der Waals surface area contributed by atoms with Gasteiger partial charge < -0.3 is 14.6 Å². The molecule has 0 aliphatic carbocycles. The maximum absolute atomic E-state index is 12.3. The number of rotatable bonds is 6. The molecule has 120 valence electrons. The first kappa shape index (κ1) is 15.1. The van der Waals surface area contributed by atoms with Crippen molar-refractivity contribution < 1.29 is 14.1 Å². The average Bonchev–Trinajstić information content (AvgIpc) is 3.21. The molecule has 0 saturated heterocycles. The van der Waals surface area contributed by atoms with Gasteiger partial charge in [-0.2, -0.15) is 20.4 Å². The summed E-state index contributed by atoms with van der Waals surface area (Å²) in [5.74, 6) is 0.651. The standard InChI is InChI=1S/C14H16N6O3/c1-8(14-16-12(19-23-14)5-6-22-2)15-13(21)9-3-4-10-11(7-9)18-20-17-10/h3-4,7-8H,5-6H2,1-2H3,(H,15,21)(H,17,18,20). The maximum atomic E-state index is 12.3. The number of hydrogen-bond donors (Lipinski definition) is 2. The average molecular weight is 316 g/mol. The van der Waals surface area contributed by atoms with Crippen LogP contribution in [0.4, 0.5) is 0 Å². The molecule has 2 heterocycles. The van der Waals surface area contributed by atoms with E-state index in [1.165, 1.54) is 0 Å². The highest BCUT2D eigenvalue weighted by Crippen LogP contribution is 2.14. The Balaban J connectivity index is 1.67. The zero-order chi connectivity index (χ0) is 16.2. The highest BCUT2D eigenvalue weighted by Gasteiger charge is 2.18. The molecule has 3 aromatic rings. The van der Waals surface area contributed by atoms with Gasteiger partial charge >= 0.3 is 0 Å². The molecule has 2 aromatic heterocycles. The third-order valence-corrected chi connectivity index (χ3v) is 3.31. The van der Waals surface area contributed by atoms with Crippen molar-refractivity contribution >= 4 is 16.9 Å². The van der Waals surface area contributed by atoms with Gasteiger partial charge in [-0.05, 0) is 25.1 Å². The molecule has 0 bridgehead atoms. The largest absolute Gasteiger partial charge is 0.384 e. The number of nitrogens with one attached hydrogen (secondary N) is 2. The van der Waals surface area contributed by atoms with Crippen LogP contribution < -0.4 is 5.32 Å². The van der Waals surface area contributed by atoms with Crippen molar-refractivity contribution in [2.45, 2.75) is 19.4 Å². The lowest BCUT2D eigenvalue weighted by molar-refractivity contribution is 0.0932. The van der Waals surface area contributed by atoms with Gasteiger partial charge in [0.25, 0.3) is 5.91 Å². The number of fused-ring (bicyclic) bond motifs is 1. The third-order valence-electron chi connectivity index (χ3n) is 3.31. The van der Waals surface area contributed by atoms with E-state index in [9.17, 15) is 4.79 Å². The van der Waals surface area contributed by atoms with E-state index >= 15 is 0 Å². The number of aromatic amines is 1. The molecule has 3 rings (SSSR count). The zero-order valence-corrected chi connectivity index (χ0v) is 12.7. The third kappa shape index (κ3) is 3.34. The molecule has 9 nitrogen and oxygen atoms in total. The number of nitrogens with zero attached hydrogens (tertiary/aromatic N) is 4. The first-order valence-electron chi connectivity index (χ1n) is 7.10. The second-order valence-electron chi connectivity index (χ2n) is 5.01. The molecule has 1 atom stereocenters. The van der Waals surface area contributed by atoms with Crippen LogP contribution >= 0.6 is 0 Å². The van der Waals surface area contributed by atoms with Crippen molar-refractivity contribution in [2.75, 3.05) is 13.7 Å². The molecule has 0 spiro atoms. The van der Waals surface area contributed by atoms with Crippen molar-refractivity contribution in [3.05, 3.63) is 35.5 Å². The highest BCUT2D eigenvalue weighted by atomic mass is 16.5. The molecule has 1 aromatic carbocycles. The Kier molecular flexibility index (Phi) is 4.29. The number of H-pyrrole nitrogens is 1. The van der Waals surface area contributed by atoms with Crippen molar-refractivity contribution in [3.8, 4) is 0 Å². The molecule has 0 aliphatic rings. The predicted molar refractivity (Wildman–Crippen MR) is 79.6 cm³/mol. The smallest absolute Gasteiger partial charge is 0.251 e. The number of aromatic nitrogens is 5. The van der Waals surface area contributed by atoms with Crippen LogP contribution in [0.25, 0.3) is 11.0 Å². The Morgan fingerprint density at radius 3 is 3.04 bits per heavy atom. The van der Waals surface area contributed by atoms with Crippen molar-refractivity contribution in [3.63, 3.8) is 0 Å². The molecule has 9 heteroatoms. The van der Waals surface area contributed by atoms with E-state index in [2.05, 4.69) is 30.9 Å². The first-order valence-corrected chi connectivity index (χ1v) is 7.10. The topological polar surface area (TPSA) is 119 Å². The van der Waals surface area contributed by atoms with E-state index in [0.717, 1.165) is 0 Å². The highest BCUT2D eigenvalue weighted by molar-refractivity contribution is 5.97. The fraction of sp³-hybridized carbons (Fsp3) is 0.357. The number of methoxy groups -OCH3 is 1. The maximum Gasteiger partial charge on any atom is 0.251 e. The van der Waals surface area contributed by atoms with E-state index < -0.39 is 6.04 Å². The summed E-state index contributed by atoms with van der Waals surface area (Å²) in [6.07, 6.45) is 0.559. The summed E-state index contributed by atoms with van der Waals surface area (Å²) < 4.78 is 10.1. The number of amides is 1. The number of ether oxygens (including phenoxy) is 1. The first-order chi connectivity index (χ1) is 11.2. The lowest BCUT2D eigenvalue weighted by Crippen LogP contribution is -2.26. The Morgan fingerprint density at radius 2 is 2.22 bits per heavy atom. The summed E-state index contributed by atoms with van der Waals surface area (Å²) in [6.45, 7) is 2.29. The van der Waals surface area contributed by atoms with Gasteiger partial charge in [0.2, 0.25) is 5.89 Å². The fourth-order valence-corrected chi connectivity index (χ4v) is 2.06. The molecule has 1 unspecified atom stereocenters. The Bertz CT molecular complexity index is 812. The van der Waals surface area contributed by atoms with Crippen LogP contribution in [0, 0.1) is 0 Å². The Morgan fingerprint density at radius 1 is 1.39 bits per heavy atom. The molecule has 0 radical (unpaired) electrons. The van der Waals surface area contributed by atoms with Crippen molar-refractivity contribution in [2.24, 2.45) is 0 Å². The van der Waals surface area contributed by atoms with Crippen LogP contribution in [0.1, 0.15) is 35.0 Å². The van der Waals surface area contributed by atoms with E-state index in [4.69, 9.17) is 9.26 Å². The van der Waals surface area contributed by atoms with Gasteiger partial charge in [0.05, 0.1) is 6.61 Å².